The van der Waals surface area contributed by atoms with Crippen LogP contribution in [0.3, 0.4) is 0 Å². The van der Waals surface area contributed by atoms with E-state index in [1.165, 1.54) is 0 Å². The third-order valence-electron chi connectivity index (χ3n) is 4.62. The van der Waals surface area contributed by atoms with Gasteiger partial charge in [0.1, 0.15) is 11.9 Å². The minimum Gasteiger partial charge on any atom is -0.497 e. The SMILES string of the molecule is COc1ccc(CCS(=O)(=O)[C@H]2CCCO[C@H]2c2ncc(C)cn2)cc1. The number of hydrogen-bond acceptors (Lipinski definition) is 6. The molecule has 2 aromatic rings. The summed E-state index contributed by atoms with van der Waals surface area (Å²) in [6.45, 7) is 2.43. The highest BCUT2D eigenvalue weighted by Gasteiger charge is 2.38. The smallest absolute Gasteiger partial charge is 0.158 e. The number of rotatable bonds is 6. The Hall–Kier alpha value is -1.99. The minimum absolute atomic E-state index is 0.0791. The van der Waals surface area contributed by atoms with Gasteiger partial charge in [-0.2, -0.15) is 0 Å². The standard InChI is InChI=1S/C19H24N2O4S/c1-14-12-20-19(21-13-14)18-17(4-3-10-25-18)26(22,23)11-9-15-5-7-16(24-2)8-6-15/h5-8,12-13,17-18H,3-4,9-11H2,1-2H3/t17-,18+/m0/s1. The van der Waals surface area contributed by atoms with Gasteiger partial charge >= 0.3 is 0 Å². The van der Waals surface area contributed by atoms with Crippen molar-refractivity contribution < 1.29 is 17.9 Å². The number of methoxy groups -OCH3 is 1. The molecule has 0 spiro atoms. The molecule has 1 aromatic heterocycles. The molecule has 7 heteroatoms. The molecule has 140 valence electrons. The summed E-state index contributed by atoms with van der Waals surface area (Å²) >= 11 is 0. The first-order valence-electron chi connectivity index (χ1n) is 8.74. The largest absolute Gasteiger partial charge is 0.497 e. The summed E-state index contributed by atoms with van der Waals surface area (Å²) in [6, 6.07) is 7.47. The fourth-order valence-corrected chi connectivity index (χ4v) is 5.04. The molecule has 1 aliphatic heterocycles. The molecule has 6 nitrogen and oxygen atoms in total. The van der Waals surface area contributed by atoms with Crippen LogP contribution < -0.4 is 4.74 Å². The summed E-state index contributed by atoms with van der Waals surface area (Å²) in [5, 5.41) is -0.600. The Morgan fingerprint density at radius 1 is 1.19 bits per heavy atom. The Morgan fingerprint density at radius 2 is 1.88 bits per heavy atom. The fourth-order valence-electron chi connectivity index (χ4n) is 3.12. The van der Waals surface area contributed by atoms with Gasteiger partial charge in [0.05, 0.1) is 18.1 Å². The van der Waals surface area contributed by atoms with Crippen LogP contribution in [0, 0.1) is 6.92 Å². The van der Waals surface area contributed by atoms with Gasteiger partial charge < -0.3 is 9.47 Å². The molecule has 0 radical (unpaired) electrons. The third-order valence-corrected chi connectivity index (χ3v) is 6.80. The van der Waals surface area contributed by atoms with Crippen molar-refractivity contribution in [2.45, 2.75) is 37.5 Å². The maximum absolute atomic E-state index is 13.0. The number of aryl methyl sites for hydroxylation is 2. The summed E-state index contributed by atoms with van der Waals surface area (Å²) in [4.78, 5) is 8.58. The van der Waals surface area contributed by atoms with Crippen LogP contribution in [0.25, 0.3) is 0 Å². The van der Waals surface area contributed by atoms with Crippen molar-refractivity contribution >= 4 is 9.84 Å². The number of nitrogens with zero attached hydrogens (tertiary/aromatic N) is 2. The van der Waals surface area contributed by atoms with Crippen molar-refractivity contribution in [2.24, 2.45) is 0 Å². The molecule has 0 saturated carbocycles. The first-order valence-corrected chi connectivity index (χ1v) is 10.5. The first-order chi connectivity index (χ1) is 12.5. The maximum atomic E-state index is 13.0. The van der Waals surface area contributed by atoms with Crippen LogP contribution in [0.5, 0.6) is 5.75 Å². The van der Waals surface area contributed by atoms with E-state index < -0.39 is 21.2 Å². The highest BCUT2D eigenvalue weighted by molar-refractivity contribution is 7.92. The predicted molar refractivity (Wildman–Crippen MR) is 99.0 cm³/mol. The van der Waals surface area contributed by atoms with Crippen molar-refractivity contribution in [3.8, 4) is 5.75 Å². The Kier molecular flexibility index (Phi) is 5.88. The lowest BCUT2D eigenvalue weighted by molar-refractivity contribution is 0.0125. The molecule has 0 N–H and O–H groups in total. The highest BCUT2D eigenvalue weighted by atomic mass is 32.2. The van der Waals surface area contributed by atoms with Gasteiger partial charge in [0.2, 0.25) is 0 Å². The van der Waals surface area contributed by atoms with E-state index in [4.69, 9.17) is 9.47 Å². The fraction of sp³-hybridized carbons (Fsp3) is 0.474. The van der Waals surface area contributed by atoms with Crippen LogP contribution in [-0.4, -0.2) is 43.1 Å². The monoisotopic (exact) mass is 376 g/mol. The van der Waals surface area contributed by atoms with Crippen molar-refractivity contribution in [2.75, 3.05) is 19.5 Å². The average Bonchev–Trinajstić information content (AvgIpc) is 2.67. The normalized spacial score (nSPS) is 20.7. The average molecular weight is 376 g/mol. The van der Waals surface area contributed by atoms with Gasteiger partial charge in [-0.05, 0) is 49.4 Å². The zero-order valence-electron chi connectivity index (χ0n) is 15.1. The maximum Gasteiger partial charge on any atom is 0.158 e. The molecule has 2 heterocycles. The Labute approximate surface area is 154 Å². The van der Waals surface area contributed by atoms with Crippen molar-refractivity contribution in [1.29, 1.82) is 0 Å². The van der Waals surface area contributed by atoms with Gasteiger partial charge in [0.25, 0.3) is 0 Å². The molecule has 0 aliphatic carbocycles. The van der Waals surface area contributed by atoms with E-state index in [0.29, 0.717) is 25.3 Å². The molecule has 1 aromatic carbocycles. The van der Waals surface area contributed by atoms with Crippen LogP contribution in [0.2, 0.25) is 0 Å². The van der Waals surface area contributed by atoms with E-state index in [0.717, 1.165) is 23.3 Å². The van der Waals surface area contributed by atoms with Gasteiger partial charge in [-0.3, -0.25) is 0 Å². The van der Waals surface area contributed by atoms with E-state index in [2.05, 4.69) is 9.97 Å². The molecule has 1 aliphatic rings. The van der Waals surface area contributed by atoms with E-state index in [9.17, 15) is 8.42 Å². The second-order valence-corrected chi connectivity index (χ2v) is 8.90. The first kappa shape index (κ1) is 18.8. The van der Waals surface area contributed by atoms with Crippen LogP contribution in [0.4, 0.5) is 0 Å². The lowest BCUT2D eigenvalue weighted by atomic mass is 10.1. The summed E-state index contributed by atoms with van der Waals surface area (Å²) in [5.41, 5.74) is 1.90. The summed E-state index contributed by atoms with van der Waals surface area (Å²) < 4.78 is 36.8. The lowest BCUT2D eigenvalue weighted by Crippen LogP contribution is -2.37. The zero-order chi connectivity index (χ0) is 18.6. The third kappa shape index (κ3) is 4.40. The number of hydrogen-bond donors (Lipinski definition) is 0. The van der Waals surface area contributed by atoms with E-state index >= 15 is 0 Å². The van der Waals surface area contributed by atoms with Crippen molar-refractivity contribution in [3.05, 3.63) is 53.6 Å². The number of sulfone groups is 1. The topological polar surface area (TPSA) is 78.4 Å². The number of benzene rings is 1. The Bertz CT molecular complexity index is 820. The zero-order valence-corrected chi connectivity index (χ0v) is 15.9. The van der Waals surface area contributed by atoms with Gasteiger partial charge in [-0.25, -0.2) is 18.4 Å². The van der Waals surface area contributed by atoms with Gasteiger partial charge in [-0.1, -0.05) is 12.1 Å². The second kappa shape index (κ2) is 8.14. The van der Waals surface area contributed by atoms with Gasteiger partial charge in [-0.15, -0.1) is 0 Å². The number of ether oxygens (including phenoxy) is 2. The van der Waals surface area contributed by atoms with E-state index in [1.54, 1.807) is 19.5 Å². The van der Waals surface area contributed by atoms with Crippen LogP contribution >= 0.6 is 0 Å². The van der Waals surface area contributed by atoms with Crippen molar-refractivity contribution in [1.82, 2.24) is 9.97 Å². The molecule has 3 rings (SSSR count). The molecule has 0 amide bonds. The quantitative estimate of drug-likeness (QED) is 0.771. The molecule has 1 fully saturated rings. The molecule has 1 saturated heterocycles. The van der Waals surface area contributed by atoms with E-state index in [1.807, 2.05) is 31.2 Å². The Morgan fingerprint density at radius 3 is 2.54 bits per heavy atom. The highest BCUT2D eigenvalue weighted by Crippen LogP contribution is 2.32. The van der Waals surface area contributed by atoms with Gasteiger partial charge in [0, 0.05) is 19.0 Å². The molecular formula is C19H24N2O4S. The molecule has 26 heavy (non-hydrogen) atoms. The lowest BCUT2D eigenvalue weighted by Gasteiger charge is -2.30. The summed E-state index contributed by atoms with van der Waals surface area (Å²) in [6.07, 6.45) is 4.57. The van der Waals surface area contributed by atoms with Gasteiger partial charge in [0.15, 0.2) is 15.7 Å². The number of aromatic nitrogens is 2. The van der Waals surface area contributed by atoms with Crippen molar-refractivity contribution in [3.63, 3.8) is 0 Å². The predicted octanol–water partition coefficient (Wildman–Crippen LogP) is 2.67. The van der Waals surface area contributed by atoms with Crippen LogP contribution in [-0.2, 0) is 21.0 Å². The summed E-state index contributed by atoms with van der Waals surface area (Å²) in [5.74, 6) is 1.29. The molecule has 0 bridgehead atoms. The van der Waals surface area contributed by atoms with Crippen LogP contribution in [0.1, 0.15) is 35.9 Å². The Balaban J connectivity index is 1.73. The van der Waals surface area contributed by atoms with Crippen LogP contribution in [0.15, 0.2) is 36.7 Å². The summed E-state index contributed by atoms with van der Waals surface area (Å²) in [7, 11) is -1.73. The van der Waals surface area contributed by atoms with E-state index in [-0.39, 0.29) is 5.75 Å². The minimum atomic E-state index is -3.34. The second-order valence-electron chi connectivity index (χ2n) is 6.56. The molecule has 2 atom stereocenters. The molecular weight excluding hydrogens is 352 g/mol. The molecule has 0 unspecified atom stereocenters.